The number of carbonyl (C=O) groups excluding carboxylic acids is 3. The van der Waals surface area contributed by atoms with Gasteiger partial charge in [-0.2, -0.15) is 0 Å². The third-order valence-electron chi connectivity index (χ3n) is 4.36. The maximum Gasteiger partial charge on any atom is 0.329 e. The van der Waals surface area contributed by atoms with Crippen molar-refractivity contribution in [3.63, 3.8) is 0 Å². The predicted molar refractivity (Wildman–Crippen MR) is 117 cm³/mol. The minimum Gasteiger partial charge on any atom is -0.490 e. The van der Waals surface area contributed by atoms with Crippen molar-refractivity contribution in [3.05, 3.63) is 27.6 Å². The third kappa shape index (κ3) is 5.49. The average molecular weight is 456 g/mol. The molecule has 7 nitrogen and oxygen atoms in total. The van der Waals surface area contributed by atoms with Crippen molar-refractivity contribution in [1.82, 2.24) is 4.90 Å². The fourth-order valence-corrected chi connectivity index (χ4v) is 3.84. The molecule has 0 aliphatic carbocycles. The number of rotatable bonds is 9. The molecule has 0 N–H and O–H groups in total. The molecule has 2 atom stereocenters. The molecule has 30 heavy (non-hydrogen) atoms. The Balaban J connectivity index is 2.35. The standard InChI is InChI=1S/C21H26ClNO6S/c1-6-12(4)29-18-15(22)9-14(10-16(18)27-7-2)11-17-19(24)23(21(26)30-17)13(5)20(25)28-8-3/h9-13H,6-8H2,1-5H3/b17-11+/t12-,13-/m0/s1. The molecule has 0 saturated carbocycles. The summed E-state index contributed by atoms with van der Waals surface area (Å²) in [5, 5.41) is -0.189. The molecule has 9 heteroatoms. The number of benzene rings is 1. The smallest absolute Gasteiger partial charge is 0.329 e. The number of thioether (sulfide) groups is 1. The van der Waals surface area contributed by atoms with Crippen LogP contribution in [0.5, 0.6) is 11.5 Å². The summed E-state index contributed by atoms with van der Waals surface area (Å²) in [6, 6.07) is 2.35. The molecule has 1 heterocycles. The summed E-state index contributed by atoms with van der Waals surface area (Å²) in [5.41, 5.74) is 0.578. The lowest BCUT2D eigenvalue weighted by molar-refractivity contribution is -0.150. The maximum absolute atomic E-state index is 12.7. The first-order valence-corrected chi connectivity index (χ1v) is 11.0. The van der Waals surface area contributed by atoms with E-state index in [9.17, 15) is 14.4 Å². The Bertz CT molecular complexity index is 856. The Labute approximate surface area is 185 Å². The van der Waals surface area contributed by atoms with Gasteiger partial charge in [0.15, 0.2) is 11.5 Å². The first-order chi connectivity index (χ1) is 14.2. The van der Waals surface area contributed by atoms with E-state index in [4.69, 9.17) is 25.8 Å². The van der Waals surface area contributed by atoms with E-state index in [-0.39, 0.29) is 17.6 Å². The fourth-order valence-electron chi connectivity index (χ4n) is 2.67. The van der Waals surface area contributed by atoms with Crippen molar-refractivity contribution in [1.29, 1.82) is 0 Å². The van der Waals surface area contributed by atoms with E-state index >= 15 is 0 Å². The quantitative estimate of drug-likeness (QED) is 0.386. The highest BCUT2D eigenvalue weighted by atomic mass is 35.5. The van der Waals surface area contributed by atoms with Crippen molar-refractivity contribution >= 4 is 46.6 Å². The van der Waals surface area contributed by atoms with Crippen LogP contribution in [0.25, 0.3) is 6.08 Å². The highest BCUT2D eigenvalue weighted by molar-refractivity contribution is 8.18. The van der Waals surface area contributed by atoms with Crippen molar-refractivity contribution < 1.29 is 28.6 Å². The molecule has 1 aliphatic heterocycles. The van der Waals surface area contributed by atoms with Crippen LogP contribution in [0.1, 0.15) is 46.6 Å². The van der Waals surface area contributed by atoms with Gasteiger partial charge < -0.3 is 14.2 Å². The van der Waals surface area contributed by atoms with Gasteiger partial charge in [-0.15, -0.1) is 0 Å². The van der Waals surface area contributed by atoms with E-state index in [1.807, 2.05) is 20.8 Å². The van der Waals surface area contributed by atoms with Crippen LogP contribution in [0.15, 0.2) is 17.0 Å². The van der Waals surface area contributed by atoms with Crippen LogP contribution >= 0.6 is 23.4 Å². The summed E-state index contributed by atoms with van der Waals surface area (Å²) in [4.78, 5) is 38.1. The molecule has 0 aromatic heterocycles. The molecular formula is C21H26ClNO6S. The number of halogens is 1. The predicted octanol–water partition coefficient (Wildman–Crippen LogP) is 4.90. The van der Waals surface area contributed by atoms with E-state index < -0.39 is 23.2 Å². The SMILES string of the molecule is CCOC(=O)[C@H](C)N1C(=O)S/C(=C/c2cc(Cl)c(O[C@@H](C)CC)c(OCC)c2)C1=O. The van der Waals surface area contributed by atoms with Gasteiger partial charge >= 0.3 is 5.97 Å². The van der Waals surface area contributed by atoms with E-state index in [1.54, 1.807) is 25.1 Å². The number of nitrogens with zero attached hydrogens (tertiary/aromatic N) is 1. The highest BCUT2D eigenvalue weighted by Gasteiger charge is 2.41. The first-order valence-electron chi connectivity index (χ1n) is 9.80. The van der Waals surface area contributed by atoms with Gasteiger partial charge in [0.05, 0.1) is 29.2 Å². The van der Waals surface area contributed by atoms with Crippen LogP contribution in [-0.2, 0) is 14.3 Å². The molecule has 164 valence electrons. The van der Waals surface area contributed by atoms with E-state index in [1.165, 1.54) is 6.92 Å². The van der Waals surface area contributed by atoms with E-state index in [0.717, 1.165) is 23.1 Å². The van der Waals surface area contributed by atoms with Crippen molar-refractivity contribution in [3.8, 4) is 11.5 Å². The number of ether oxygens (including phenoxy) is 3. The van der Waals surface area contributed by atoms with Crippen molar-refractivity contribution in [2.75, 3.05) is 13.2 Å². The van der Waals surface area contributed by atoms with Gasteiger partial charge in [0.2, 0.25) is 0 Å². The first kappa shape index (κ1) is 24.1. The fraction of sp³-hybridized carbons (Fsp3) is 0.476. The monoisotopic (exact) mass is 455 g/mol. The number of carbonyl (C=O) groups is 3. The van der Waals surface area contributed by atoms with Gasteiger partial charge in [-0.05, 0) is 69.6 Å². The van der Waals surface area contributed by atoms with Crippen LogP contribution in [-0.4, -0.2) is 47.4 Å². The Hall–Kier alpha value is -2.19. The second kappa shape index (κ2) is 10.7. The van der Waals surface area contributed by atoms with Crippen LogP contribution in [0.4, 0.5) is 4.79 Å². The number of hydrogen-bond donors (Lipinski definition) is 0. The van der Waals surface area contributed by atoms with Gasteiger partial charge in [-0.25, -0.2) is 4.79 Å². The Morgan fingerprint density at radius 3 is 2.50 bits per heavy atom. The largest absolute Gasteiger partial charge is 0.490 e. The van der Waals surface area contributed by atoms with Crippen LogP contribution in [0.2, 0.25) is 5.02 Å². The van der Waals surface area contributed by atoms with Crippen molar-refractivity contribution in [2.45, 2.75) is 53.2 Å². The lowest BCUT2D eigenvalue weighted by atomic mass is 10.1. The van der Waals surface area contributed by atoms with E-state index in [2.05, 4.69) is 0 Å². The summed E-state index contributed by atoms with van der Waals surface area (Å²) in [6.07, 6.45) is 2.30. The van der Waals surface area contributed by atoms with Gasteiger partial charge in [0.1, 0.15) is 6.04 Å². The van der Waals surface area contributed by atoms with Gasteiger partial charge in [0, 0.05) is 0 Å². The Kier molecular flexibility index (Phi) is 8.61. The van der Waals surface area contributed by atoms with Crippen LogP contribution in [0.3, 0.4) is 0 Å². The molecule has 1 saturated heterocycles. The summed E-state index contributed by atoms with van der Waals surface area (Å²) in [7, 11) is 0. The zero-order valence-electron chi connectivity index (χ0n) is 17.7. The Morgan fingerprint density at radius 1 is 1.20 bits per heavy atom. The van der Waals surface area contributed by atoms with Crippen LogP contribution < -0.4 is 9.47 Å². The molecule has 2 amide bonds. The normalized spacial score (nSPS) is 17.3. The van der Waals surface area contributed by atoms with Crippen molar-refractivity contribution in [2.24, 2.45) is 0 Å². The molecule has 2 rings (SSSR count). The van der Waals surface area contributed by atoms with Crippen LogP contribution in [0, 0.1) is 0 Å². The minimum atomic E-state index is -1.00. The summed E-state index contributed by atoms with van der Waals surface area (Å²) >= 11 is 7.17. The second-order valence-corrected chi connectivity index (χ2v) is 7.98. The van der Waals surface area contributed by atoms with E-state index in [0.29, 0.717) is 28.7 Å². The number of hydrogen-bond acceptors (Lipinski definition) is 7. The summed E-state index contributed by atoms with van der Waals surface area (Å²) in [5.74, 6) is -0.293. The third-order valence-corrected chi connectivity index (χ3v) is 5.53. The second-order valence-electron chi connectivity index (χ2n) is 6.58. The number of esters is 1. The molecule has 1 aliphatic rings. The zero-order valence-corrected chi connectivity index (χ0v) is 19.3. The lowest BCUT2D eigenvalue weighted by Crippen LogP contribution is -2.42. The zero-order chi connectivity index (χ0) is 22.4. The maximum atomic E-state index is 12.7. The lowest BCUT2D eigenvalue weighted by Gasteiger charge is -2.19. The Morgan fingerprint density at radius 2 is 1.90 bits per heavy atom. The molecule has 1 aromatic rings. The number of imide groups is 1. The van der Waals surface area contributed by atoms with Gasteiger partial charge in [0.25, 0.3) is 11.1 Å². The molecule has 0 bridgehead atoms. The summed E-state index contributed by atoms with van der Waals surface area (Å²) < 4.78 is 16.5. The topological polar surface area (TPSA) is 82.1 Å². The highest BCUT2D eigenvalue weighted by Crippen LogP contribution is 2.40. The molecular weight excluding hydrogens is 430 g/mol. The number of amides is 2. The molecule has 0 radical (unpaired) electrons. The summed E-state index contributed by atoms with van der Waals surface area (Å²) in [6.45, 7) is 9.47. The molecule has 0 spiro atoms. The average Bonchev–Trinajstić information content (AvgIpc) is 2.97. The minimum absolute atomic E-state index is 0.0478. The van der Waals surface area contributed by atoms with Gasteiger partial charge in [-0.3, -0.25) is 14.5 Å². The van der Waals surface area contributed by atoms with Gasteiger partial charge in [-0.1, -0.05) is 18.5 Å². The molecule has 1 fully saturated rings. The molecule has 0 unspecified atom stereocenters. The molecule has 1 aromatic carbocycles.